The zero-order chi connectivity index (χ0) is 23.5. The SMILES string of the molecule is COc1cc(OC)cc(C(Nc2ccc(-c3nc(C)c(C)c(=O)[nH]3)cn2)c2nccn2C)c1. The molecule has 1 aromatic carbocycles. The number of rotatable bonds is 7. The summed E-state index contributed by atoms with van der Waals surface area (Å²) in [5, 5.41) is 3.45. The van der Waals surface area contributed by atoms with Gasteiger partial charge in [0.05, 0.1) is 14.2 Å². The number of benzene rings is 1. The number of H-pyrrole nitrogens is 1. The molecule has 0 aliphatic heterocycles. The molecule has 0 saturated carbocycles. The van der Waals surface area contributed by atoms with Crippen LogP contribution in [0.4, 0.5) is 5.82 Å². The second kappa shape index (κ2) is 9.15. The lowest BCUT2D eigenvalue weighted by Crippen LogP contribution is -2.18. The van der Waals surface area contributed by atoms with Gasteiger partial charge in [-0.2, -0.15) is 0 Å². The van der Waals surface area contributed by atoms with Gasteiger partial charge in [-0.3, -0.25) is 4.79 Å². The highest BCUT2D eigenvalue weighted by Gasteiger charge is 2.21. The molecule has 3 heterocycles. The van der Waals surface area contributed by atoms with Gasteiger partial charge in [-0.25, -0.2) is 15.0 Å². The highest BCUT2D eigenvalue weighted by atomic mass is 16.5. The third kappa shape index (κ3) is 4.57. The summed E-state index contributed by atoms with van der Waals surface area (Å²) in [6.45, 7) is 3.57. The summed E-state index contributed by atoms with van der Waals surface area (Å²) in [6.07, 6.45) is 5.32. The number of anilines is 1. The van der Waals surface area contributed by atoms with Crippen LogP contribution in [0, 0.1) is 13.8 Å². The van der Waals surface area contributed by atoms with Crippen LogP contribution in [0.25, 0.3) is 11.4 Å². The van der Waals surface area contributed by atoms with Crippen molar-refractivity contribution in [2.75, 3.05) is 19.5 Å². The predicted octanol–water partition coefficient (Wildman–Crippen LogP) is 3.40. The van der Waals surface area contributed by atoms with Gasteiger partial charge in [0.15, 0.2) is 0 Å². The number of ether oxygens (including phenoxy) is 2. The molecule has 0 spiro atoms. The summed E-state index contributed by atoms with van der Waals surface area (Å²) < 4.78 is 12.8. The molecular weight excluding hydrogens is 420 g/mol. The number of methoxy groups -OCH3 is 2. The minimum absolute atomic E-state index is 0.151. The molecule has 0 amide bonds. The molecule has 4 rings (SSSR count). The van der Waals surface area contributed by atoms with Crippen LogP contribution in [-0.4, -0.2) is 38.7 Å². The van der Waals surface area contributed by atoms with Crippen LogP contribution in [0.15, 0.2) is 53.7 Å². The molecule has 170 valence electrons. The standard InChI is InChI=1S/C24H26N6O3/c1-14-15(2)27-22(29-24(14)31)16-6-7-20(26-13-16)28-21(23-25-8-9-30(23)3)17-10-18(32-4)12-19(11-17)33-5/h6-13,21H,1-5H3,(H,26,28)(H,27,29,31). The van der Waals surface area contributed by atoms with Gasteiger partial charge < -0.3 is 24.3 Å². The van der Waals surface area contributed by atoms with E-state index in [9.17, 15) is 4.79 Å². The van der Waals surface area contributed by atoms with Crippen LogP contribution in [0.3, 0.4) is 0 Å². The third-order valence-corrected chi connectivity index (χ3v) is 5.55. The fourth-order valence-corrected chi connectivity index (χ4v) is 3.50. The van der Waals surface area contributed by atoms with Crippen molar-refractivity contribution >= 4 is 5.82 Å². The highest BCUT2D eigenvalue weighted by Crippen LogP contribution is 2.31. The molecule has 33 heavy (non-hydrogen) atoms. The zero-order valence-corrected chi connectivity index (χ0v) is 19.2. The van der Waals surface area contributed by atoms with E-state index in [2.05, 4.69) is 25.3 Å². The van der Waals surface area contributed by atoms with Crippen molar-refractivity contribution in [3.05, 3.63) is 81.9 Å². The first kappa shape index (κ1) is 22.1. The zero-order valence-electron chi connectivity index (χ0n) is 19.2. The lowest BCUT2D eigenvalue weighted by Gasteiger charge is -2.21. The molecule has 1 atom stereocenters. The summed E-state index contributed by atoms with van der Waals surface area (Å²) in [5.74, 6) is 3.29. The van der Waals surface area contributed by atoms with Crippen LogP contribution in [0.2, 0.25) is 0 Å². The first-order valence-corrected chi connectivity index (χ1v) is 10.4. The molecule has 2 N–H and O–H groups in total. The normalized spacial score (nSPS) is 11.8. The number of nitrogens with one attached hydrogen (secondary N) is 2. The number of hydrogen-bond acceptors (Lipinski definition) is 7. The molecular formula is C24H26N6O3. The van der Waals surface area contributed by atoms with Crippen LogP contribution >= 0.6 is 0 Å². The average Bonchev–Trinajstić information content (AvgIpc) is 3.26. The maximum Gasteiger partial charge on any atom is 0.254 e. The van der Waals surface area contributed by atoms with Gasteiger partial charge in [0.2, 0.25) is 0 Å². The van der Waals surface area contributed by atoms with E-state index in [0.29, 0.717) is 34.4 Å². The Hall–Kier alpha value is -4.14. The molecule has 1 unspecified atom stereocenters. The van der Waals surface area contributed by atoms with Gasteiger partial charge in [-0.1, -0.05) is 0 Å². The van der Waals surface area contributed by atoms with Crippen LogP contribution in [0.1, 0.15) is 28.7 Å². The summed E-state index contributed by atoms with van der Waals surface area (Å²) in [5.41, 5.74) is 2.78. The number of nitrogens with zero attached hydrogens (tertiary/aromatic N) is 4. The molecule has 0 aliphatic rings. The van der Waals surface area contributed by atoms with Crippen molar-refractivity contribution in [3.63, 3.8) is 0 Å². The fourth-order valence-electron chi connectivity index (χ4n) is 3.50. The average molecular weight is 447 g/mol. The van der Waals surface area contributed by atoms with Crippen molar-refractivity contribution in [2.45, 2.75) is 19.9 Å². The summed E-state index contributed by atoms with van der Waals surface area (Å²) in [6, 6.07) is 9.09. The smallest absolute Gasteiger partial charge is 0.254 e. The van der Waals surface area contributed by atoms with E-state index < -0.39 is 0 Å². The Bertz CT molecular complexity index is 1300. The first-order valence-electron chi connectivity index (χ1n) is 10.4. The van der Waals surface area contributed by atoms with Crippen molar-refractivity contribution < 1.29 is 9.47 Å². The molecule has 3 aromatic heterocycles. The van der Waals surface area contributed by atoms with Gasteiger partial charge in [-0.15, -0.1) is 0 Å². The molecule has 4 aromatic rings. The minimum Gasteiger partial charge on any atom is -0.497 e. The predicted molar refractivity (Wildman–Crippen MR) is 126 cm³/mol. The lowest BCUT2D eigenvalue weighted by atomic mass is 10.0. The van der Waals surface area contributed by atoms with E-state index in [0.717, 1.165) is 17.0 Å². The van der Waals surface area contributed by atoms with Crippen molar-refractivity contribution in [1.82, 2.24) is 24.5 Å². The van der Waals surface area contributed by atoms with Crippen molar-refractivity contribution in [3.8, 4) is 22.9 Å². The topological polar surface area (TPSA) is 107 Å². The number of aromatic nitrogens is 5. The minimum atomic E-state index is -0.313. The van der Waals surface area contributed by atoms with Gasteiger partial charge >= 0.3 is 0 Å². The van der Waals surface area contributed by atoms with Crippen LogP contribution < -0.4 is 20.3 Å². The maximum atomic E-state index is 12.1. The first-order chi connectivity index (χ1) is 15.9. The summed E-state index contributed by atoms with van der Waals surface area (Å²) in [7, 11) is 5.17. The molecule has 0 radical (unpaired) electrons. The highest BCUT2D eigenvalue weighted by molar-refractivity contribution is 5.57. The van der Waals surface area contributed by atoms with E-state index in [-0.39, 0.29) is 11.6 Å². The van der Waals surface area contributed by atoms with Gasteiger partial charge in [0, 0.05) is 48.5 Å². The van der Waals surface area contributed by atoms with E-state index >= 15 is 0 Å². The van der Waals surface area contributed by atoms with Gasteiger partial charge in [0.1, 0.15) is 35.0 Å². The fraction of sp³-hybridized carbons (Fsp3) is 0.250. The van der Waals surface area contributed by atoms with E-state index in [4.69, 9.17) is 9.47 Å². The largest absolute Gasteiger partial charge is 0.497 e. The Morgan fingerprint density at radius 3 is 2.33 bits per heavy atom. The Balaban J connectivity index is 1.69. The molecule has 0 fully saturated rings. The number of imidazole rings is 1. The van der Waals surface area contributed by atoms with Crippen LogP contribution in [0.5, 0.6) is 11.5 Å². The maximum absolute atomic E-state index is 12.1. The monoisotopic (exact) mass is 446 g/mol. The Morgan fingerprint density at radius 1 is 1.06 bits per heavy atom. The van der Waals surface area contributed by atoms with Gasteiger partial charge in [0.25, 0.3) is 5.56 Å². The van der Waals surface area contributed by atoms with Crippen LogP contribution in [-0.2, 0) is 7.05 Å². The second-order valence-corrected chi connectivity index (χ2v) is 7.68. The molecule has 0 saturated heterocycles. The number of pyridine rings is 1. The van der Waals surface area contributed by atoms with E-state index in [1.54, 1.807) is 33.5 Å². The van der Waals surface area contributed by atoms with E-state index in [1.165, 1.54) is 0 Å². The Morgan fingerprint density at radius 2 is 1.79 bits per heavy atom. The number of hydrogen-bond donors (Lipinski definition) is 2. The Labute approximate surface area is 191 Å². The number of aromatic amines is 1. The van der Waals surface area contributed by atoms with Crippen molar-refractivity contribution in [1.29, 1.82) is 0 Å². The van der Waals surface area contributed by atoms with Crippen molar-refractivity contribution in [2.24, 2.45) is 7.05 Å². The van der Waals surface area contributed by atoms with Gasteiger partial charge in [-0.05, 0) is 43.7 Å². The molecule has 9 heteroatoms. The second-order valence-electron chi connectivity index (χ2n) is 7.68. The Kier molecular flexibility index (Phi) is 6.12. The lowest BCUT2D eigenvalue weighted by molar-refractivity contribution is 0.393. The summed E-state index contributed by atoms with van der Waals surface area (Å²) >= 11 is 0. The third-order valence-electron chi connectivity index (χ3n) is 5.55. The number of aryl methyl sites for hydroxylation is 2. The molecule has 0 bridgehead atoms. The van der Waals surface area contributed by atoms with E-state index in [1.807, 2.05) is 55.1 Å². The summed E-state index contributed by atoms with van der Waals surface area (Å²) in [4.78, 5) is 28.5. The molecule has 0 aliphatic carbocycles. The quantitative estimate of drug-likeness (QED) is 0.448. The molecule has 9 nitrogen and oxygen atoms in total.